The van der Waals surface area contributed by atoms with Gasteiger partial charge in [-0.1, -0.05) is 11.3 Å². The van der Waals surface area contributed by atoms with Crippen LogP contribution >= 0.6 is 22.7 Å². The van der Waals surface area contributed by atoms with Crippen LogP contribution in [0.15, 0.2) is 39.8 Å². The molecule has 3 aromatic rings. The summed E-state index contributed by atoms with van der Waals surface area (Å²) >= 11 is 2.85. The lowest BCUT2D eigenvalue weighted by atomic mass is 10.1. The first-order valence-electron chi connectivity index (χ1n) is 7.43. The number of benzene rings is 1. The van der Waals surface area contributed by atoms with E-state index in [-0.39, 0.29) is 5.88 Å². The number of allylic oxidation sites excluding steroid dienone is 1. The predicted octanol–water partition coefficient (Wildman–Crippen LogP) is 3.75. The van der Waals surface area contributed by atoms with E-state index in [2.05, 4.69) is 15.0 Å². The molecular weight excluding hydrogens is 356 g/mol. The molecule has 0 fully saturated rings. The second-order valence-corrected chi connectivity index (χ2v) is 7.18. The number of aromatic hydroxyl groups is 1. The molecule has 6 nitrogen and oxygen atoms in total. The third kappa shape index (κ3) is 2.90. The molecule has 126 valence electrons. The molecule has 0 unspecified atom stereocenters. The Balaban J connectivity index is 1.78. The smallest absolute Gasteiger partial charge is 0.211 e. The van der Waals surface area contributed by atoms with Gasteiger partial charge in [-0.2, -0.15) is 4.99 Å². The number of hydrogen-bond donors (Lipinski definition) is 1. The summed E-state index contributed by atoms with van der Waals surface area (Å²) in [4.78, 5) is 14.4. The number of rotatable bonds is 3. The first-order valence-corrected chi connectivity index (χ1v) is 9.12. The maximum absolute atomic E-state index is 10.4. The number of ether oxygens (including phenoxy) is 1. The minimum absolute atomic E-state index is 0.164. The molecule has 0 amide bonds. The predicted molar refractivity (Wildman–Crippen MR) is 101 cm³/mol. The van der Waals surface area contributed by atoms with Gasteiger partial charge in [-0.3, -0.25) is 9.56 Å². The Morgan fingerprint density at radius 3 is 3.00 bits per heavy atom. The zero-order valence-electron chi connectivity index (χ0n) is 13.5. The van der Waals surface area contributed by atoms with Crippen molar-refractivity contribution in [1.29, 1.82) is 0 Å². The molecule has 25 heavy (non-hydrogen) atoms. The van der Waals surface area contributed by atoms with Crippen LogP contribution in [0.1, 0.15) is 10.4 Å². The summed E-state index contributed by atoms with van der Waals surface area (Å²) in [5, 5.41) is 13.0. The van der Waals surface area contributed by atoms with E-state index in [1.54, 1.807) is 31.1 Å². The molecule has 0 saturated heterocycles. The average molecular weight is 370 g/mol. The zero-order chi connectivity index (χ0) is 17.4. The lowest BCUT2D eigenvalue weighted by Crippen LogP contribution is -2.08. The van der Waals surface area contributed by atoms with Gasteiger partial charge in [0.2, 0.25) is 11.0 Å². The van der Waals surface area contributed by atoms with Crippen molar-refractivity contribution in [3.63, 3.8) is 0 Å². The van der Waals surface area contributed by atoms with Crippen molar-refractivity contribution in [2.75, 3.05) is 7.11 Å². The Morgan fingerprint density at radius 2 is 2.24 bits per heavy atom. The van der Waals surface area contributed by atoms with Crippen LogP contribution in [-0.4, -0.2) is 28.0 Å². The summed E-state index contributed by atoms with van der Waals surface area (Å²) in [5.41, 5.74) is 2.79. The summed E-state index contributed by atoms with van der Waals surface area (Å²) in [6, 6.07) is 5.75. The fraction of sp³-hybridized carbons (Fsp3) is 0.118. The van der Waals surface area contributed by atoms with Crippen molar-refractivity contribution >= 4 is 51.4 Å². The van der Waals surface area contributed by atoms with Crippen molar-refractivity contribution in [2.24, 2.45) is 17.0 Å². The highest BCUT2D eigenvalue weighted by Gasteiger charge is 2.16. The molecule has 3 heterocycles. The monoisotopic (exact) mass is 370 g/mol. The van der Waals surface area contributed by atoms with Crippen molar-refractivity contribution in [3.8, 4) is 11.6 Å². The summed E-state index contributed by atoms with van der Waals surface area (Å²) in [7, 11) is 3.42. The second-order valence-electron chi connectivity index (χ2n) is 5.30. The third-order valence-electron chi connectivity index (χ3n) is 3.78. The molecule has 0 saturated carbocycles. The van der Waals surface area contributed by atoms with E-state index in [1.807, 2.05) is 29.7 Å². The largest absolute Gasteiger partial charge is 0.497 e. The van der Waals surface area contributed by atoms with E-state index in [4.69, 9.17) is 4.74 Å². The molecule has 0 aliphatic carbocycles. The van der Waals surface area contributed by atoms with Gasteiger partial charge in [0.05, 0.1) is 17.7 Å². The molecule has 0 spiro atoms. The fourth-order valence-electron chi connectivity index (χ4n) is 2.46. The molecule has 2 aromatic heterocycles. The highest BCUT2D eigenvalue weighted by molar-refractivity contribution is 7.13. The molecule has 0 atom stereocenters. The number of hydrogen-bond acceptors (Lipinski definition) is 7. The van der Waals surface area contributed by atoms with Gasteiger partial charge in [-0.15, -0.1) is 11.3 Å². The van der Waals surface area contributed by atoms with Crippen LogP contribution in [0.2, 0.25) is 0 Å². The van der Waals surface area contributed by atoms with Gasteiger partial charge in [-0.05, 0) is 24.3 Å². The maximum Gasteiger partial charge on any atom is 0.211 e. The highest BCUT2D eigenvalue weighted by Crippen LogP contribution is 2.36. The van der Waals surface area contributed by atoms with Gasteiger partial charge >= 0.3 is 0 Å². The van der Waals surface area contributed by atoms with Gasteiger partial charge in [0, 0.05) is 36.0 Å². The summed E-state index contributed by atoms with van der Waals surface area (Å²) < 4.78 is 6.94. The number of thiazole rings is 2. The number of aliphatic imine (C=N–C) groups is 1. The lowest BCUT2D eigenvalue weighted by Gasteiger charge is -2.03. The summed E-state index contributed by atoms with van der Waals surface area (Å²) in [5.74, 6) is 0.938. The molecular formula is C17H14N4O2S2. The Hall–Kier alpha value is -2.71. The van der Waals surface area contributed by atoms with Crippen LogP contribution in [0.4, 0.5) is 10.8 Å². The van der Waals surface area contributed by atoms with Crippen LogP contribution in [0.3, 0.4) is 0 Å². The highest BCUT2D eigenvalue weighted by atomic mass is 32.1. The van der Waals surface area contributed by atoms with Gasteiger partial charge in [0.15, 0.2) is 4.80 Å². The molecule has 0 bridgehead atoms. The molecule has 1 aliphatic heterocycles. The summed E-state index contributed by atoms with van der Waals surface area (Å²) in [6.45, 7) is 0. The van der Waals surface area contributed by atoms with Crippen LogP contribution in [-0.2, 0) is 7.05 Å². The van der Waals surface area contributed by atoms with Crippen LogP contribution in [0.25, 0.3) is 11.6 Å². The van der Waals surface area contributed by atoms with Gasteiger partial charge in [0.25, 0.3) is 0 Å². The lowest BCUT2D eigenvalue weighted by molar-refractivity contribution is 0.415. The Kier molecular flexibility index (Phi) is 3.98. The zero-order valence-corrected chi connectivity index (χ0v) is 15.1. The SMILES string of the molecule is COc1ccc2c(c1)C(=Cc1sc(=Nc3nccs3)n(C)c1O)C=N2. The first kappa shape index (κ1) is 15.8. The number of nitrogens with zero attached hydrogens (tertiary/aromatic N) is 4. The second kappa shape index (κ2) is 6.30. The summed E-state index contributed by atoms with van der Waals surface area (Å²) in [6.07, 6.45) is 5.41. The molecule has 4 rings (SSSR count). The van der Waals surface area contributed by atoms with Crippen molar-refractivity contribution in [1.82, 2.24) is 9.55 Å². The quantitative estimate of drug-likeness (QED) is 0.763. The Morgan fingerprint density at radius 1 is 1.36 bits per heavy atom. The van der Waals surface area contributed by atoms with Crippen LogP contribution < -0.4 is 9.54 Å². The number of fused-ring (bicyclic) bond motifs is 1. The van der Waals surface area contributed by atoms with E-state index < -0.39 is 0 Å². The first-order chi connectivity index (χ1) is 12.2. The van der Waals surface area contributed by atoms with E-state index in [0.29, 0.717) is 9.93 Å². The minimum Gasteiger partial charge on any atom is -0.497 e. The van der Waals surface area contributed by atoms with Crippen LogP contribution in [0, 0.1) is 0 Å². The third-order valence-corrected chi connectivity index (χ3v) is 5.51. The maximum atomic E-state index is 10.4. The molecule has 8 heteroatoms. The molecule has 1 aromatic carbocycles. The molecule has 0 radical (unpaired) electrons. The normalized spacial score (nSPS) is 15.1. The minimum atomic E-state index is 0.164. The van der Waals surface area contributed by atoms with Crippen molar-refractivity contribution < 1.29 is 9.84 Å². The van der Waals surface area contributed by atoms with E-state index in [1.165, 1.54) is 22.7 Å². The topological polar surface area (TPSA) is 72.0 Å². The van der Waals surface area contributed by atoms with Gasteiger partial charge in [-0.25, -0.2) is 4.98 Å². The fourth-order valence-corrected chi connectivity index (χ4v) is 3.99. The molecule has 1 aliphatic rings. The van der Waals surface area contributed by atoms with E-state index in [9.17, 15) is 5.11 Å². The van der Waals surface area contributed by atoms with Gasteiger partial charge < -0.3 is 9.84 Å². The average Bonchev–Trinajstić information content (AvgIpc) is 3.33. The Bertz CT molecular complexity index is 1060. The van der Waals surface area contributed by atoms with Crippen LogP contribution in [0.5, 0.6) is 11.6 Å². The molecule has 1 N–H and O–H groups in total. The van der Waals surface area contributed by atoms with Gasteiger partial charge in [0.1, 0.15) is 5.75 Å². The van der Waals surface area contributed by atoms with Crippen molar-refractivity contribution in [2.45, 2.75) is 0 Å². The van der Waals surface area contributed by atoms with E-state index >= 15 is 0 Å². The number of methoxy groups -OCH3 is 1. The van der Waals surface area contributed by atoms with Crippen molar-refractivity contribution in [3.05, 3.63) is 45.0 Å². The Labute approximate surface area is 151 Å². The standard InChI is InChI=1S/C17H14N4O2S2/c1-21-15(22)14(25-17(21)20-16-18-5-6-24-16)7-10-9-19-13-4-3-11(23-2)8-12(10)13/h3-9,22H,1-2H3. The number of aromatic nitrogens is 2. The van der Waals surface area contributed by atoms with E-state index in [0.717, 1.165) is 27.5 Å².